The van der Waals surface area contributed by atoms with Gasteiger partial charge in [-0.05, 0) is 32.4 Å². The van der Waals surface area contributed by atoms with Crippen LogP contribution in [-0.2, 0) is 0 Å². The minimum Gasteiger partial charge on any atom is -0.298 e. The summed E-state index contributed by atoms with van der Waals surface area (Å²) in [6.45, 7) is 7.41. The van der Waals surface area contributed by atoms with Crippen LogP contribution < -0.4 is 0 Å². The van der Waals surface area contributed by atoms with E-state index in [0.717, 1.165) is 13.1 Å². The van der Waals surface area contributed by atoms with E-state index >= 15 is 0 Å². The van der Waals surface area contributed by atoms with Gasteiger partial charge in [0.25, 0.3) is 0 Å². The van der Waals surface area contributed by atoms with Crippen LogP contribution in [0.15, 0.2) is 0 Å². The monoisotopic (exact) mass is 341 g/mol. The molecular weight excluding hydrogens is 313 g/mol. The Balaban J connectivity index is 0.00000200. The number of hydrogen-bond donors (Lipinski definition) is 0. The van der Waals surface area contributed by atoms with Crippen LogP contribution >= 0.6 is 24.8 Å². The van der Waals surface area contributed by atoms with Gasteiger partial charge in [-0.25, -0.2) is 0 Å². The molecule has 0 aromatic heterocycles. The average Bonchev–Trinajstić information content (AvgIpc) is 2.43. The zero-order valence-corrected chi connectivity index (χ0v) is 14.9. The Hall–Kier alpha value is -0.100. The molecular formula is C14H29Cl2N3O2. The molecule has 2 aliphatic heterocycles. The molecule has 2 unspecified atom stereocenters. The third kappa shape index (κ3) is 4.95. The van der Waals surface area contributed by atoms with Gasteiger partial charge in [-0.2, -0.15) is 0 Å². The molecule has 0 amide bonds. The van der Waals surface area contributed by atoms with Gasteiger partial charge in [-0.15, -0.1) is 24.8 Å². The van der Waals surface area contributed by atoms with Gasteiger partial charge >= 0.3 is 0 Å². The van der Waals surface area contributed by atoms with Gasteiger partial charge in [0, 0.05) is 23.9 Å². The Labute approximate surface area is 140 Å². The topological polar surface area (TPSA) is 49.6 Å². The molecule has 2 rings (SSSR count). The first kappa shape index (κ1) is 20.9. The van der Waals surface area contributed by atoms with Crippen LogP contribution in [0.4, 0.5) is 0 Å². The zero-order valence-electron chi connectivity index (χ0n) is 13.3. The molecule has 7 heteroatoms. The first-order chi connectivity index (χ1) is 8.93. The second-order valence-electron chi connectivity index (χ2n) is 6.90. The number of hydrogen-bond acceptors (Lipinski definition) is 4. The van der Waals surface area contributed by atoms with E-state index in [1.807, 2.05) is 7.05 Å². The van der Waals surface area contributed by atoms with Crippen LogP contribution in [-0.4, -0.2) is 59.5 Å². The second kappa shape index (κ2) is 8.51. The first-order valence-electron chi connectivity index (χ1n) is 7.50. The van der Waals surface area contributed by atoms with Gasteiger partial charge in [0.1, 0.15) is 0 Å². The lowest BCUT2D eigenvalue weighted by Gasteiger charge is -2.36. The lowest BCUT2D eigenvalue weighted by Crippen LogP contribution is -2.54. The van der Waals surface area contributed by atoms with Crippen molar-refractivity contribution in [3.63, 3.8) is 0 Å². The van der Waals surface area contributed by atoms with E-state index in [9.17, 15) is 10.1 Å². The smallest absolute Gasteiger partial charge is 0.247 e. The highest BCUT2D eigenvalue weighted by molar-refractivity contribution is 5.85. The normalized spacial score (nSPS) is 30.8. The van der Waals surface area contributed by atoms with Crippen LogP contribution in [0.25, 0.3) is 0 Å². The predicted molar refractivity (Wildman–Crippen MR) is 90.4 cm³/mol. The summed E-state index contributed by atoms with van der Waals surface area (Å²) in [6.07, 6.45) is 4.33. The van der Waals surface area contributed by atoms with Gasteiger partial charge in [-0.1, -0.05) is 20.3 Å². The highest BCUT2D eigenvalue weighted by atomic mass is 35.5. The second-order valence-corrected chi connectivity index (χ2v) is 6.90. The summed E-state index contributed by atoms with van der Waals surface area (Å²) < 4.78 is 0. The van der Waals surface area contributed by atoms with Crippen molar-refractivity contribution in [2.24, 2.45) is 5.92 Å². The van der Waals surface area contributed by atoms with E-state index in [4.69, 9.17) is 0 Å². The molecule has 2 fully saturated rings. The number of fused-ring (bicyclic) bond motifs is 1. The molecule has 2 atom stereocenters. The van der Waals surface area contributed by atoms with Gasteiger partial charge in [0.05, 0.1) is 13.1 Å². The summed E-state index contributed by atoms with van der Waals surface area (Å²) in [5.41, 5.74) is -0.783. The molecule has 0 saturated carbocycles. The zero-order chi connectivity index (χ0) is 14.0. The fourth-order valence-electron chi connectivity index (χ4n) is 3.91. The summed E-state index contributed by atoms with van der Waals surface area (Å²) >= 11 is 0. The molecule has 2 aliphatic rings. The van der Waals surface area contributed by atoms with Crippen molar-refractivity contribution >= 4 is 24.8 Å². The summed E-state index contributed by atoms with van der Waals surface area (Å²) in [5, 5.41) is 11.7. The standard InChI is InChI=1S/C14H27N3O2.2ClH/c1-12(2)8-14(17(18)19)10-15(3)9-13-6-4-5-7-16(13)11-14;;/h12-13H,4-11H2,1-3H3;2*1H. The van der Waals surface area contributed by atoms with E-state index in [1.54, 1.807) is 0 Å². The van der Waals surface area contributed by atoms with Crippen molar-refractivity contribution in [2.75, 3.05) is 33.2 Å². The van der Waals surface area contributed by atoms with Crippen molar-refractivity contribution in [1.82, 2.24) is 9.80 Å². The van der Waals surface area contributed by atoms with Crippen molar-refractivity contribution in [3.8, 4) is 0 Å². The Morgan fingerprint density at radius 1 is 1.29 bits per heavy atom. The highest BCUT2D eigenvalue weighted by Gasteiger charge is 2.49. The maximum atomic E-state index is 11.7. The van der Waals surface area contributed by atoms with E-state index in [1.165, 1.54) is 19.3 Å². The van der Waals surface area contributed by atoms with E-state index in [-0.39, 0.29) is 29.7 Å². The van der Waals surface area contributed by atoms with Crippen molar-refractivity contribution < 1.29 is 4.92 Å². The lowest BCUT2D eigenvalue weighted by atomic mass is 9.88. The van der Waals surface area contributed by atoms with E-state index in [0.29, 0.717) is 31.5 Å². The molecule has 126 valence electrons. The Kier molecular flexibility index (Phi) is 8.47. The van der Waals surface area contributed by atoms with Gasteiger partial charge in [0.15, 0.2) is 0 Å². The number of piperidine rings is 1. The number of nitro groups is 1. The maximum Gasteiger partial charge on any atom is 0.247 e. The van der Waals surface area contributed by atoms with Gasteiger partial charge in [-0.3, -0.25) is 19.9 Å². The van der Waals surface area contributed by atoms with Gasteiger partial charge in [0.2, 0.25) is 5.54 Å². The van der Waals surface area contributed by atoms with Gasteiger partial charge < -0.3 is 0 Å². The molecule has 0 N–H and O–H groups in total. The quantitative estimate of drug-likeness (QED) is 0.584. The van der Waals surface area contributed by atoms with Crippen LogP contribution in [0.2, 0.25) is 0 Å². The molecule has 2 heterocycles. The number of rotatable bonds is 3. The number of nitrogens with zero attached hydrogens (tertiary/aromatic N) is 3. The Morgan fingerprint density at radius 3 is 2.52 bits per heavy atom. The molecule has 0 aromatic carbocycles. The first-order valence-corrected chi connectivity index (χ1v) is 7.50. The van der Waals surface area contributed by atoms with E-state index in [2.05, 4.69) is 23.6 Å². The minimum absolute atomic E-state index is 0. The number of likely N-dealkylation sites (N-methyl/N-ethyl adjacent to an activating group) is 1. The molecule has 0 spiro atoms. The fraction of sp³-hybridized carbons (Fsp3) is 1.00. The van der Waals surface area contributed by atoms with Crippen molar-refractivity contribution in [3.05, 3.63) is 10.1 Å². The third-order valence-electron chi connectivity index (χ3n) is 4.51. The molecule has 0 aromatic rings. The fourth-order valence-corrected chi connectivity index (χ4v) is 3.91. The molecule has 0 bridgehead atoms. The van der Waals surface area contributed by atoms with Crippen molar-refractivity contribution in [1.29, 1.82) is 0 Å². The van der Waals surface area contributed by atoms with Crippen LogP contribution in [0.3, 0.4) is 0 Å². The van der Waals surface area contributed by atoms with Crippen molar-refractivity contribution in [2.45, 2.75) is 51.1 Å². The largest absolute Gasteiger partial charge is 0.298 e. The summed E-state index contributed by atoms with van der Waals surface area (Å²) in [6, 6.07) is 0.521. The average molecular weight is 342 g/mol. The molecule has 21 heavy (non-hydrogen) atoms. The lowest BCUT2D eigenvalue weighted by molar-refractivity contribution is -0.572. The predicted octanol–water partition coefficient (Wildman–Crippen LogP) is 2.69. The number of halogens is 2. The summed E-state index contributed by atoms with van der Waals surface area (Å²) in [7, 11) is 2.04. The summed E-state index contributed by atoms with van der Waals surface area (Å²) in [5.74, 6) is 0.361. The van der Waals surface area contributed by atoms with Crippen LogP contribution in [0.5, 0.6) is 0 Å². The molecule has 2 saturated heterocycles. The Morgan fingerprint density at radius 2 is 1.95 bits per heavy atom. The molecule has 0 radical (unpaired) electrons. The molecule has 5 nitrogen and oxygen atoms in total. The van der Waals surface area contributed by atoms with E-state index < -0.39 is 5.54 Å². The Bertz CT molecular complexity index is 344. The minimum atomic E-state index is -0.783. The summed E-state index contributed by atoms with van der Waals surface area (Å²) in [4.78, 5) is 16.3. The SMILES string of the molecule is CC(C)CC1([N+](=O)[O-])CN(C)CC2CCCCN2C1.Cl.Cl. The van der Waals surface area contributed by atoms with Crippen LogP contribution in [0.1, 0.15) is 39.5 Å². The maximum absolute atomic E-state index is 11.7. The third-order valence-corrected chi connectivity index (χ3v) is 4.51. The molecule has 0 aliphatic carbocycles. The highest BCUT2D eigenvalue weighted by Crippen LogP contribution is 2.30. The van der Waals surface area contributed by atoms with Crippen LogP contribution in [0, 0.1) is 16.0 Å².